The number of amides is 2. The highest BCUT2D eigenvalue weighted by Gasteiger charge is 2.15. The molecule has 1 heterocycles. The Morgan fingerprint density at radius 1 is 1.29 bits per heavy atom. The van der Waals surface area contributed by atoms with Crippen LogP contribution in [0.1, 0.15) is 28.9 Å². The number of aromatic hydroxyl groups is 1. The third-order valence-electron chi connectivity index (χ3n) is 2.84. The summed E-state index contributed by atoms with van der Waals surface area (Å²) in [6, 6.07) is 7.16. The van der Waals surface area contributed by atoms with Crippen molar-refractivity contribution in [3.63, 3.8) is 0 Å². The number of aromatic carboxylic acids is 1. The Bertz CT molecular complexity index is 668. The van der Waals surface area contributed by atoms with E-state index >= 15 is 0 Å². The first-order valence-corrected chi connectivity index (χ1v) is 7.02. The van der Waals surface area contributed by atoms with E-state index in [9.17, 15) is 14.7 Å². The third kappa shape index (κ3) is 3.73. The van der Waals surface area contributed by atoms with Gasteiger partial charge in [0.1, 0.15) is 10.8 Å². The maximum atomic E-state index is 11.9. The fourth-order valence-corrected chi connectivity index (χ4v) is 2.56. The number of anilines is 1. The molecule has 2 rings (SSSR count). The van der Waals surface area contributed by atoms with Crippen LogP contribution in [-0.4, -0.2) is 22.2 Å². The summed E-state index contributed by atoms with van der Waals surface area (Å²) in [6.45, 7) is 1.76. The largest absolute Gasteiger partial charge is 0.508 e. The zero-order valence-electron chi connectivity index (χ0n) is 11.2. The molecule has 0 aliphatic heterocycles. The maximum absolute atomic E-state index is 11.9. The molecule has 110 valence electrons. The number of phenols is 1. The van der Waals surface area contributed by atoms with Gasteiger partial charge in [0, 0.05) is 0 Å². The van der Waals surface area contributed by atoms with Gasteiger partial charge in [-0.2, -0.15) is 0 Å². The van der Waals surface area contributed by atoms with Crippen molar-refractivity contribution in [1.82, 2.24) is 5.32 Å². The van der Waals surface area contributed by atoms with Crippen LogP contribution in [0.4, 0.5) is 9.80 Å². The van der Waals surface area contributed by atoms with E-state index in [1.807, 2.05) is 0 Å². The highest BCUT2D eigenvalue weighted by atomic mass is 32.1. The van der Waals surface area contributed by atoms with Crippen LogP contribution < -0.4 is 10.6 Å². The lowest BCUT2D eigenvalue weighted by Crippen LogP contribution is -2.31. The van der Waals surface area contributed by atoms with E-state index in [-0.39, 0.29) is 22.4 Å². The van der Waals surface area contributed by atoms with Crippen LogP contribution in [0.25, 0.3) is 0 Å². The molecule has 0 bridgehead atoms. The molecular weight excluding hydrogens is 292 g/mol. The SMILES string of the molecule is CC(NC(=O)Nc1sccc1C(=O)O)c1cccc(O)c1. The second-order valence-corrected chi connectivity index (χ2v) is 5.30. The molecule has 0 saturated carbocycles. The number of carboxylic acids is 1. The van der Waals surface area contributed by atoms with E-state index < -0.39 is 12.0 Å². The van der Waals surface area contributed by atoms with Crippen LogP contribution >= 0.6 is 11.3 Å². The second-order valence-electron chi connectivity index (χ2n) is 4.38. The highest BCUT2D eigenvalue weighted by Crippen LogP contribution is 2.23. The van der Waals surface area contributed by atoms with Crippen LogP contribution in [0.15, 0.2) is 35.7 Å². The van der Waals surface area contributed by atoms with Crippen LogP contribution in [0.3, 0.4) is 0 Å². The average Bonchev–Trinajstić information content (AvgIpc) is 2.86. The molecule has 0 spiro atoms. The molecule has 21 heavy (non-hydrogen) atoms. The molecule has 0 aliphatic carbocycles. The van der Waals surface area contributed by atoms with Gasteiger partial charge < -0.3 is 15.5 Å². The van der Waals surface area contributed by atoms with Crippen molar-refractivity contribution in [1.29, 1.82) is 0 Å². The third-order valence-corrected chi connectivity index (χ3v) is 3.67. The van der Waals surface area contributed by atoms with Gasteiger partial charge >= 0.3 is 12.0 Å². The molecule has 0 radical (unpaired) electrons. The molecule has 7 heteroatoms. The molecule has 2 amide bonds. The molecule has 0 aliphatic rings. The normalized spacial score (nSPS) is 11.7. The molecule has 6 nitrogen and oxygen atoms in total. The minimum absolute atomic E-state index is 0.0557. The smallest absolute Gasteiger partial charge is 0.338 e. The monoisotopic (exact) mass is 306 g/mol. The highest BCUT2D eigenvalue weighted by molar-refractivity contribution is 7.14. The Morgan fingerprint density at radius 3 is 2.71 bits per heavy atom. The van der Waals surface area contributed by atoms with Crippen LogP contribution in [0.2, 0.25) is 0 Å². The van der Waals surface area contributed by atoms with Crippen molar-refractivity contribution in [2.24, 2.45) is 0 Å². The van der Waals surface area contributed by atoms with Crippen molar-refractivity contribution in [2.45, 2.75) is 13.0 Å². The molecule has 2 aromatic rings. The average molecular weight is 306 g/mol. The Kier molecular flexibility index (Phi) is 4.44. The second kappa shape index (κ2) is 6.27. The minimum atomic E-state index is -1.09. The first-order chi connectivity index (χ1) is 9.97. The van der Waals surface area contributed by atoms with Gasteiger partial charge in [0.15, 0.2) is 0 Å². The summed E-state index contributed by atoms with van der Waals surface area (Å²) in [5.74, 6) is -0.972. The number of hydrogen-bond donors (Lipinski definition) is 4. The van der Waals surface area contributed by atoms with Crippen molar-refractivity contribution < 1.29 is 19.8 Å². The Labute approximate surface area is 125 Å². The Morgan fingerprint density at radius 2 is 2.05 bits per heavy atom. The molecule has 0 fully saturated rings. The number of benzene rings is 1. The number of carbonyl (C=O) groups is 2. The lowest BCUT2D eigenvalue weighted by atomic mass is 10.1. The van der Waals surface area contributed by atoms with Gasteiger partial charge in [-0.15, -0.1) is 11.3 Å². The number of hydrogen-bond acceptors (Lipinski definition) is 4. The summed E-state index contributed by atoms with van der Waals surface area (Å²) in [6.07, 6.45) is 0. The summed E-state index contributed by atoms with van der Waals surface area (Å²) in [5, 5.41) is 25.4. The summed E-state index contributed by atoms with van der Waals surface area (Å²) >= 11 is 1.14. The predicted octanol–water partition coefficient (Wildman–Crippen LogP) is 3.03. The zero-order chi connectivity index (χ0) is 15.4. The molecule has 1 atom stereocenters. The van der Waals surface area contributed by atoms with Gasteiger partial charge in [-0.3, -0.25) is 5.32 Å². The molecule has 1 aromatic heterocycles. The molecular formula is C14H14N2O4S. The lowest BCUT2D eigenvalue weighted by Gasteiger charge is -2.15. The quantitative estimate of drug-likeness (QED) is 0.697. The van der Waals surface area contributed by atoms with E-state index in [1.165, 1.54) is 6.07 Å². The number of carboxylic acid groups (broad SMARTS) is 1. The number of phenolic OH excluding ortho intramolecular Hbond substituents is 1. The van der Waals surface area contributed by atoms with Crippen molar-refractivity contribution >= 4 is 28.3 Å². The molecule has 1 unspecified atom stereocenters. The van der Waals surface area contributed by atoms with Crippen molar-refractivity contribution in [3.8, 4) is 5.75 Å². The lowest BCUT2D eigenvalue weighted by molar-refractivity contribution is 0.0698. The number of nitrogens with one attached hydrogen (secondary N) is 2. The standard InChI is InChI=1S/C14H14N2O4S/c1-8(9-3-2-4-10(17)7-9)15-14(20)16-12-11(13(18)19)5-6-21-12/h2-8,17H,1H3,(H,18,19)(H2,15,16,20). The number of urea groups is 1. The van der Waals surface area contributed by atoms with Crippen molar-refractivity contribution in [2.75, 3.05) is 5.32 Å². The number of thiophene rings is 1. The van der Waals surface area contributed by atoms with Gasteiger partial charge in [-0.05, 0) is 36.1 Å². The van der Waals surface area contributed by atoms with Crippen LogP contribution in [0.5, 0.6) is 5.75 Å². The fourth-order valence-electron chi connectivity index (χ4n) is 1.79. The molecule has 4 N–H and O–H groups in total. The molecule has 0 saturated heterocycles. The van der Waals surface area contributed by atoms with E-state index in [0.717, 1.165) is 16.9 Å². The summed E-state index contributed by atoms with van der Waals surface area (Å²) in [5.41, 5.74) is 0.801. The zero-order valence-corrected chi connectivity index (χ0v) is 12.0. The van der Waals surface area contributed by atoms with Gasteiger partial charge in [0.2, 0.25) is 0 Å². The first-order valence-electron chi connectivity index (χ1n) is 6.14. The minimum Gasteiger partial charge on any atom is -0.508 e. The summed E-state index contributed by atoms with van der Waals surface area (Å²) in [7, 11) is 0. The summed E-state index contributed by atoms with van der Waals surface area (Å²) < 4.78 is 0. The van der Waals surface area contributed by atoms with E-state index in [4.69, 9.17) is 5.11 Å². The molecule has 1 aromatic carbocycles. The van der Waals surface area contributed by atoms with Gasteiger partial charge in [-0.25, -0.2) is 9.59 Å². The fraction of sp³-hybridized carbons (Fsp3) is 0.143. The van der Waals surface area contributed by atoms with E-state index in [1.54, 1.807) is 36.6 Å². The van der Waals surface area contributed by atoms with Gasteiger partial charge in [-0.1, -0.05) is 12.1 Å². The maximum Gasteiger partial charge on any atom is 0.338 e. The van der Waals surface area contributed by atoms with Crippen LogP contribution in [0, 0.1) is 0 Å². The van der Waals surface area contributed by atoms with Gasteiger partial charge in [0.05, 0.1) is 11.6 Å². The van der Waals surface area contributed by atoms with Crippen molar-refractivity contribution in [3.05, 3.63) is 46.8 Å². The Hall–Kier alpha value is -2.54. The summed E-state index contributed by atoms with van der Waals surface area (Å²) in [4.78, 5) is 22.8. The van der Waals surface area contributed by atoms with Crippen LogP contribution in [-0.2, 0) is 0 Å². The van der Waals surface area contributed by atoms with Gasteiger partial charge in [0.25, 0.3) is 0 Å². The van der Waals surface area contributed by atoms with E-state index in [2.05, 4.69) is 10.6 Å². The first kappa shape index (κ1) is 14.9. The topological polar surface area (TPSA) is 98.7 Å². The number of carbonyl (C=O) groups excluding carboxylic acids is 1. The predicted molar refractivity (Wildman–Crippen MR) is 80.0 cm³/mol. The van der Waals surface area contributed by atoms with E-state index in [0.29, 0.717) is 0 Å². The Balaban J connectivity index is 2.01. The number of rotatable bonds is 4.